The first kappa shape index (κ1) is 28.9. The summed E-state index contributed by atoms with van der Waals surface area (Å²) in [5.41, 5.74) is 1.41. The molecule has 2 amide bonds. The Bertz CT molecular complexity index is 1590. The molecule has 2 aromatic carbocycles. The molecule has 1 atom stereocenters. The Kier molecular flexibility index (Phi) is 8.66. The lowest BCUT2D eigenvalue weighted by atomic mass is 9.93. The fourth-order valence-corrected chi connectivity index (χ4v) is 5.89. The van der Waals surface area contributed by atoms with Gasteiger partial charge in [-0.15, -0.1) is 0 Å². The fraction of sp³-hybridized carbons (Fsp3) is 0.259. The molecule has 0 unspecified atom stereocenters. The monoisotopic (exact) mass is 587 g/mol. The van der Waals surface area contributed by atoms with Gasteiger partial charge in [-0.25, -0.2) is 22.8 Å². The van der Waals surface area contributed by atoms with Crippen molar-refractivity contribution in [2.45, 2.75) is 25.7 Å². The Morgan fingerprint density at radius 1 is 1.20 bits per heavy atom. The van der Waals surface area contributed by atoms with Gasteiger partial charge in [0, 0.05) is 43.9 Å². The van der Waals surface area contributed by atoms with Gasteiger partial charge in [-0.05, 0) is 66.8 Å². The van der Waals surface area contributed by atoms with Crippen molar-refractivity contribution < 1.29 is 26.8 Å². The van der Waals surface area contributed by atoms with E-state index in [-0.39, 0.29) is 47.8 Å². The van der Waals surface area contributed by atoms with Crippen molar-refractivity contribution in [1.29, 1.82) is 5.26 Å². The van der Waals surface area contributed by atoms with Gasteiger partial charge in [-0.2, -0.15) is 13.7 Å². The number of nitriles is 1. The number of carbonyl (C=O) groups excluding carboxylic acids is 2. The molecule has 208 valence electrons. The van der Waals surface area contributed by atoms with Crippen LogP contribution < -0.4 is 13.9 Å². The van der Waals surface area contributed by atoms with Crippen LogP contribution in [-0.4, -0.2) is 38.8 Å². The van der Waals surface area contributed by atoms with Gasteiger partial charge in [0.2, 0.25) is 11.8 Å². The van der Waals surface area contributed by atoms with E-state index in [1.165, 1.54) is 36.3 Å². The Balaban J connectivity index is 1.51. The SMILES string of the molecule is CN(C(=O)[C@@H](CCC(=O)NS(=O)(=O)N1CCc2cccnc21)Cc1cc(F)cc(F)c1)c1ccc(Cl)c(C#N)c1. The van der Waals surface area contributed by atoms with Gasteiger partial charge in [0.05, 0.1) is 10.6 Å². The van der Waals surface area contributed by atoms with E-state index in [2.05, 4.69) is 4.98 Å². The number of hydrogen-bond donors (Lipinski definition) is 1. The first-order chi connectivity index (χ1) is 19.0. The standard InChI is InChI=1S/C27H24ClF2N5O4S/c1-34(23-5-6-24(28)20(14-23)16-31)27(37)19(11-17-12-21(29)15-22(30)13-17)4-7-25(36)33-40(38,39)35-10-8-18-3-2-9-32-26(18)35/h2-3,5-6,9,12-15,19H,4,7-8,10-11H2,1H3,(H,33,36)/t19-/m0/s1. The maximum atomic E-state index is 13.9. The molecule has 0 saturated heterocycles. The molecule has 0 radical (unpaired) electrons. The maximum absolute atomic E-state index is 13.9. The van der Waals surface area contributed by atoms with Crippen LogP contribution in [0.15, 0.2) is 54.7 Å². The summed E-state index contributed by atoms with van der Waals surface area (Å²) in [4.78, 5) is 31.6. The van der Waals surface area contributed by atoms with E-state index < -0.39 is 39.6 Å². The highest BCUT2D eigenvalue weighted by molar-refractivity contribution is 7.91. The van der Waals surface area contributed by atoms with Crippen molar-refractivity contribution in [1.82, 2.24) is 9.71 Å². The van der Waals surface area contributed by atoms with Gasteiger partial charge in [-0.3, -0.25) is 9.59 Å². The molecule has 3 aromatic rings. The predicted molar refractivity (Wildman–Crippen MR) is 145 cm³/mol. The van der Waals surface area contributed by atoms with Crippen molar-refractivity contribution in [3.8, 4) is 6.07 Å². The average Bonchev–Trinajstić information content (AvgIpc) is 3.35. The van der Waals surface area contributed by atoms with Crippen molar-refractivity contribution in [3.63, 3.8) is 0 Å². The Morgan fingerprint density at radius 3 is 2.62 bits per heavy atom. The number of halogens is 3. The number of rotatable bonds is 9. The molecule has 0 fully saturated rings. The highest BCUT2D eigenvalue weighted by Gasteiger charge is 2.32. The van der Waals surface area contributed by atoms with Gasteiger partial charge in [-0.1, -0.05) is 17.7 Å². The largest absolute Gasteiger partial charge is 0.327 e. The lowest BCUT2D eigenvalue weighted by Crippen LogP contribution is -2.43. The second-order valence-electron chi connectivity index (χ2n) is 9.23. The molecular formula is C27H24ClF2N5O4S. The Morgan fingerprint density at radius 2 is 1.93 bits per heavy atom. The molecule has 1 aliphatic rings. The number of hydrogen-bond acceptors (Lipinski definition) is 6. The van der Waals surface area contributed by atoms with Crippen LogP contribution in [-0.2, 0) is 32.6 Å². The van der Waals surface area contributed by atoms with E-state index >= 15 is 0 Å². The zero-order valence-corrected chi connectivity index (χ0v) is 22.8. The summed E-state index contributed by atoms with van der Waals surface area (Å²) in [5, 5.41) is 9.48. The molecule has 13 heteroatoms. The van der Waals surface area contributed by atoms with Crippen LogP contribution in [0.25, 0.3) is 0 Å². The van der Waals surface area contributed by atoms with E-state index in [9.17, 15) is 32.0 Å². The molecule has 9 nitrogen and oxygen atoms in total. The Hall–Kier alpha value is -4.08. The summed E-state index contributed by atoms with van der Waals surface area (Å²) in [5.74, 6) is -3.73. The third kappa shape index (κ3) is 6.55. The van der Waals surface area contributed by atoms with E-state index in [0.717, 1.165) is 22.0 Å². The Labute approximate surface area is 235 Å². The van der Waals surface area contributed by atoms with Crippen LogP contribution in [0.4, 0.5) is 20.3 Å². The summed E-state index contributed by atoms with van der Waals surface area (Å²) in [7, 11) is -2.80. The van der Waals surface area contributed by atoms with E-state index in [4.69, 9.17) is 11.6 Å². The quantitative estimate of drug-likeness (QED) is 0.405. The molecule has 1 aliphatic heterocycles. The highest BCUT2D eigenvalue weighted by atomic mass is 35.5. The molecule has 4 rings (SSSR count). The second-order valence-corrected chi connectivity index (χ2v) is 11.2. The highest BCUT2D eigenvalue weighted by Crippen LogP contribution is 2.28. The van der Waals surface area contributed by atoms with Crippen LogP contribution in [0.1, 0.15) is 29.5 Å². The minimum Gasteiger partial charge on any atom is -0.315 e. The van der Waals surface area contributed by atoms with E-state index in [1.807, 2.05) is 10.8 Å². The smallest absolute Gasteiger partial charge is 0.315 e. The number of pyridine rings is 1. The molecule has 1 N–H and O–H groups in total. The number of anilines is 2. The lowest BCUT2D eigenvalue weighted by molar-refractivity contribution is -0.123. The van der Waals surface area contributed by atoms with Crippen molar-refractivity contribution >= 4 is 45.1 Å². The third-order valence-corrected chi connectivity index (χ3v) is 8.23. The van der Waals surface area contributed by atoms with Gasteiger partial charge in [0.15, 0.2) is 0 Å². The van der Waals surface area contributed by atoms with Gasteiger partial charge in [0.1, 0.15) is 23.5 Å². The first-order valence-electron chi connectivity index (χ1n) is 12.2. The van der Waals surface area contributed by atoms with Crippen LogP contribution in [0, 0.1) is 28.9 Å². The van der Waals surface area contributed by atoms with Crippen LogP contribution in [0.2, 0.25) is 5.02 Å². The van der Waals surface area contributed by atoms with Crippen molar-refractivity contribution in [2.24, 2.45) is 5.92 Å². The fourth-order valence-electron chi connectivity index (χ4n) is 4.50. The van der Waals surface area contributed by atoms with Gasteiger partial charge >= 0.3 is 10.2 Å². The molecule has 0 saturated carbocycles. The molecule has 1 aromatic heterocycles. The molecule has 0 spiro atoms. The minimum absolute atomic E-state index is 0.123. The summed E-state index contributed by atoms with van der Waals surface area (Å²) in [6.45, 7) is 0.123. The molecule has 0 aliphatic carbocycles. The third-order valence-electron chi connectivity index (χ3n) is 6.48. The maximum Gasteiger partial charge on any atom is 0.327 e. The van der Waals surface area contributed by atoms with Crippen LogP contribution in [0.5, 0.6) is 0 Å². The molecule has 0 bridgehead atoms. The zero-order chi connectivity index (χ0) is 29.0. The summed E-state index contributed by atoms with van der Waals surface area (Å²) >= 11 is 5.99. The molecule has 2 heterocycles. The van der Waals surface area contributed by atoms with Crippen molar-refractivity contribution in [3.05, 3.63) is 88.1 Å². The summed E-state index contributed by atoms with van der Waals surface area (Å²) < 4.78 is 56.5. The topological polar surface area (TPSA) is 123 Å². The predicted octanol–water partition coefficient (Wildman–Crippen LogP) is 3.91. The lowest BCUT2D eigenvalue weighted by Gasteiger charge is -2.25. The number of amides is 2. The van der Waals surface area contributed by atoms with Gasteiger partial charge < -0.3 is 4.90 Å². The minimum atomic E-state index is -4.25. The summed E-state index contributed by atoms with van der Waals surface area (Å²) in [6, 6.07) is 12.7. The van der Waals surface area contributed by atoms with E-state index in [1.54, 1.807) is 12.1 Å². The number of aromatic nitrogens is 1. The number of nitrogens with zero attached hydrogens (tertiary/aromatic N) is 4. The van der Waals surface area contributed by atoms with Crippen LogP contribution in [0.3, 0.4) is 0 Å². The number of carbonyl (C=O) groups is 2. The van der Waals surface area contributed by atoms with Crippen molar-refractivity contribution in [2.75, 3.05) is 22.8 Å². The normalized spacial score (nSPS) is 13.3. The second kappa shape index (κ2) is 12.0. The molecular weight excluding hydrogens is 564 g/mol. The average molecular weight is 588 g/mol. The first-order valence-corrected chi connectivity index (χ1v) is 14.0. The number of nitrogens with one attached hydrogen (secondary N) is 1. The van der Waals surface area contributed by atoms with Gasteiger partial charge in [0.25, 0.3) is 0 Å². The van der Waals surface area contributed by atoms with Crippen LogP contribution >= 0.6 is 11.6 Å². The van der Waals surface area contributed by atoms with E-state index in [0.29, 0.717) is 18.2 Å². The number of fused-ring (bicyclic) bond motifs is 1. The zero-order valence-electron chi connectivity index (χ0n) is 21.3. The molecule has 40 heavy (non-hydrogen) atoms. The number of benzene rings is 2. The summed E-state index contributed by atoms with van der Waals surface area (Å²) in [6.07, 6.45) is 1.28.